The van der Waals surface area contributed by atoms with Crippen LogP contribution in [0.25, 0.3) is 11.0 Å². The maximum Gasteiger partial charge on any atom is 0.335 e. The second-order valence-electron chi connectivity index (χ2n) is 11.4. The quantitative estimate of drug-likeness (QED) is 0.356. The number of hydrogen-bond acceptors (Lipinski definition) is 5. The van der Waals surface area contributed by atoms with Crippen molar-refractivity contribution in [3.63, 3.8) is 0 Å². The van der Waals surface area contributed by atoms with Gasteiger partial charge in [0.05, 0.1) is 11.0 Å². The number of fused-ring (bicyclic) bond motifs is 1. The number of rotatable bonds is 7. The Labute approximate surface area is 244 Å². The zero-order valence-corrected chi connectivity index (χ0v) is 24.6. The molecule has 2 heterocycles. The number of halogens is 1. The molecule has 0 atom stereocenters. The van der Waals surface area contributed by atoms with E-state index in [1.165, 1.54) is 24.3 Å². The van der Waals surface area contributed by atoms with Crippen molar-refractivity contribution >= 4 is 33.2 Å². The fourth-order valence-electron chi connectivity index (χ4n) is 5.86. The van der Waals surface area contributed by atoms with Crippen LogP contribution < -0.4 is 10.9 Å². The molecule has 0 bridgehead atoms. The molecule has 0 spiro atoms. The molecule has 11 nitrogen and oxygen atoms in total. The summed E-state index contributed by atoms with van der Waals surface area (Å²) >= 11 is 0. The van der Waals surface area contributed by atoms with Crippen LogP contribution in [-0.2, 0) is 21.6 Å². The van der Waals surface area contributed by atoms with Gasteiger partial charge in [0.2, 0.25) is 11.5 Å². The van der Waals surface area contributed by atoms with Gasteiger partial charge in [-0.2, -0.15) is 17.7 Å². The van der Waals surface area contributed by atoms with E-state index in [4.69, 9.17) is 0 Å². The fourth-order valence-corrected chi connectivity index (χ4v) is 6.48. The Morgan fingerprint density at radius 2 is 1.71 bits per heavy atom. The van der Waals surface area contributed by atoms with Crippen LogP contribution in [0.2, 0.25) is 0 Å². The van der Waals surface area contributed by atoms with Crippen molar-refractivity contribution in [2.24, 2.45) is 10.9 Å². The molecule has 13 heteroatoms. The normalized spacial score (nSPS) is 21.2. The highest BCUT2D eigenvalue weighted by Gasteiger charge is 2.29. The Bertz CT molecular complexity index is 1620. The van der Waals surface area contributed by atoms with Crippen LogP contribution in [0.1, 0.15) is 61.5 Å². The summed E-state index contributed by atoms with van der Waals surface area (Å²) in [5, 5.41) is 3.01. The van der Waals surface area contributed by atoms with Gasteiger partial charge < -0.3 is 14.9 Å². The zero-order valence-electron chi connectivity index (χ0n) is 23.8. The van der Waals surface area contributed by atoms with Gasteiger partial charge in [-0.25, -0.2) is 4.39 Å². The second-order valence-corrected chi connectivity index (χ2v) is 12.8. The highest BCUT2D eigenvalue weighted by Crippen LogP contribution is 2.33. The predicted octanol–water partition coefficient (Wildman–Crippen LogP) is 3.03. The molecule has 3 N–H and O–H groups in total. The number of aromatic amines is 1. The average Bonchev–Trinajstić information content (AvgIpc) is 3.30. The molecule has 1 aromatic heterocycles. The summed E-state index contributed by atoms with van der Waals surface area (Å²) in [6.07, 6.45) is 2.91. The van der Waals surface area contributed by atoms with E-state index in [9.17, 15) is 27.0 Å². The van der Waals surface area contributed by atoms with E-state index in [0.29, 0.717) is 38.1 Å². The number of piperazine rings is 1. The van der Waals surface area contributed by atoms with Gasteiger partial charge in [-0.3, -0.25) is 19.0 Å². The van der Waals surface area contributed by atoms with E-state index in [1.54, 1.807) is 0 Å². The van der Waals surface area contributed by atoms with Crippen molar-refractivity contribution in [3.05, 3.63) is 65.0 Å². The largest absolute Gasteiger partial charge is 0.354 e. The number of amides is 2. The first-order valence-electron chi connectivity index (χ1n) is 14.3. The lowest BCUT2D eigenvalue weighted by atomic mass is 9.85. The minimum Gasteiger partial charge on any atom is -0.354 e. The lowest BCUT2D eigenvalue weighted by molar-refractivity contribution is -0.126. The Hall–Kier alpha value is -3.39. The molecule has 1 saturated heterocycles. The van der Waals surface area contributed by atoms with E-state index in [2.05, 4.69) is 26.3 Å². The number of benzene rings is 2. The van der Waals surface area contributed by atoms with Crippen LogP contribution >= 0.6 is 0 Å². The first kappa shape index (κ1) is 30.1. The highest BCUT2D eigenvalue weighted by atomic mass is 32.2. The van der Waals surface area contributed by atoms with Crippen molar-refractivity contribution in [2.75, 3.05) is 26.2 Å². The van der Waals surface area contributed by atoms with Crippen LogP contribution in [0.3, 0.4) is 0 Å². The van der Waals surface area contributed by atoms with E-state index in [0.717, 1.165) is 33.7 Å². The van der Waals surface area contributed by atoms with Crippen LogP contribution in [0, 0.1) is 11.7 Å². The van der Waals surface area contributed by atoms with E-state index < -0.39 is 22.0 Å². The number of H-pyrrole nitrogens is 1. The Morgan fingerprint density at radius 3 is 2.33 bits per heavy atom. The summed E-state index contributed by atoms with van der Waals surface area (Å²) in [6, 6.07) is 11.3. The maximum absolute atomic E-state index is 13.4. The third kappa shape index (κ3) is 6.97. The molecule has 2 fully saturated rings. The molecule has 1 aliphatic carbocycles. The standard InChI is InChI=1S/C29H37FN6O5S/c1-19(2)31-27(37)22-6-10-24(11-7-22)36-26-17-20(18-34-13-15-35(16-14-34)42(39,40)41)3-12-25(26)32-29(36)33-28(38)21-4-8-23(30)9-5-21/h3-5,8-9,12,17,19,22,24H,6-7,10-11,13-16,18H2,1-2H3,(H,31,37)(H,32,33,38)(H,39,40,41)/t22-,24+. The van der Waals surface area contributed by atoms with Gasteiger partial charge in [-0.1, -0.05) is 6.07 Å². The van der Waals surface area contributed by atoms with Gasteiger partial charge in [0, 0.05) is 56.3 Å². The molecule has 2 aliphatic rings. The first-order chi connectivity index (χ1) is 20.0. The molecule has 1 saturated carbocycles. The fraction of sp³-hybridized carbons (Fsp3) is 0.483. The number of nitrogens with zero attached hydrogens (tertiary/aromatic N) is 4. The smallest absolute Gasteiger partial charge is 0.335 e. The summed E-state index contributed by atoms with van der Waals surface area (Å²) in [4.78, 5) is 35.5. The second kappa shape index (κ2) is 12.5. The molecule has 0 radical (unpaired) electrons. The summed E-state index contributed by atoms with van der Waals surface area (Å²) < 4.78 is 48.8. The van der Waals surface area contributed by atoms with E-state index in [1.807, 2.05) is 30.5 Å². The van der Waals surface area contributed by atoms with Crippen molar-refractivity contribution in [3.8, 4) is 0 Å². The third-order valence-electron chi connectivity index (χ3n) is 8.02. The number of carbonyl (C=O) groups is 2. The van der Waals surface area contributed by atoms with Crippen LogP contribution in [-0.4, -0.2) is 75.8 Å². The summed E-state index contributed by atoms with van der Waals surface area (Å²) in [6.45, 7) is 5.89. The van der Waals surface area contributed by atoms with Crippen molar-refractivity contribution in [2.45, 2.75) is 58.2 Å². The average molecular weight is 601 g/mol. The Kier molecular flexibility index (Phi) is 8.92. The molecule has 3 aromatic rings. The number of imidazole rings is 1. The Balaban J connectivity index is 1.44. The number of nitrogens with one attached hydrogen (secondary N) is 2. The molecule has 1 aliphatic heterocycles. The predicted molar refractivity (Wildman–Crippen MR) is 155 cm³/mol. The van der Waals surface area contributed by atoms with E-state index >= 15 is 0 Å². The van der Waals surface area contributed by atoms with Crippen LogP contribution in [0.5, 0.6) is 0 Å². The van der Waals surface area contributed by atoms with Crippen molar-refractivity contribution in [1.82, 2.24) is 24.1 Å². The molecule has 42 heavy (non-hydrogen) atoms. The van der Waals surface area contributed by atoms with Gasteiger partial charge in [-0.15, -0.1) is 0 Å². The summed E-state index contributed by atoms with van der Waals surface area (Å²) in [5.74, 6) is -0.914. The van der Waals surface area contributed by atoms with Crippen molar-refractivity contribution < 1.29 is 27.0 Å². The number of aromatic nitrogens is 2. The number of hydrogen-bond donors (Lipinski definition) is 3. The summed E-state index contributed by atoms with van der Waals surface area (Å²) in [5.41, 5.74) is 3.37. The molecule has 2 amide bonds. The van der Waals surface area contributed by atoms with Gasteiger partial charge in [0.25, 0.3) is 5.91 Å². The van der Waals surface area contributed by atoms with Crippen LogP contribution in [0.15, 0.2) is 47.5 Å². The highest BCUT2D eigenvalue weighted by molar-refractivity contribution is 7.83. The third-order valence-corrected chi connectivity index (χ3v) is 9.04. The maximum atomic E-state index is 13.4. The van der Waals surface area contributed by atoms with E-state index in [-0.39, 0.29) is 42.6 Å². The lowest BCUT2D eigenvalue weighted by Gasteiger charge is -2.32. The van der Waals surface area contributed by atoms with Gasteiger partial charge >= 0.3 is 10.3 Å². The van der Waals surface area contributed by atoms with Gasteiger partial charge in [-0.05, 0) is 81.5 Å². The molecule has 0 unspecified atom stereocenters. The summed E-state index contributed by atoms with van der Waals surface area (Å²) in [7, 11) is -4.20. The van der Waals surface area contributed by atoms with Crippen molar-refractivity contribution in [1.29, 1.82) is 0 Å². The minimum absolute atomic E-state index is 0.00942. The van der Waals surface area contributed by atoms with Gasteiger partial charge in [0.15, 0.2) is 0 Å². The number of carbonyl (C=O) groups excluding carboxylic acids is 2. The molecule has 226 valence electrons. The van der Waals surface area contributed by atoms with Crippen LogP contribution in [0.4, 0.5) is 4.39 Å². The minimum atomic E-state index is -4.20. The van der Waals surface area contributed by atoms with Gasteiger partial charge in [0.1, 0.15) is 5.82 Å². The SMILES string of the molecule is CC(C)NC(=O)[C@H]1CC[C@@H](n2/c(=N/C(=O)c3ccc(F)cc3)[nH]c3ccc(CN4CCN(S(=O)(=O)O)CC4)cc32)CC1. The topological polar surface area (TPSA) is 140 Å². The molecular formula is C29H37FN6O5S. The lowest BCUT2D eigenvalue weighted by Crippen LogP contribution is -2.47. The molecular weight excluding hydrogens is 563 g/mol. The first-order valence-corrected chi connectivity index (χ1v) is 15.7. The monoisotopic (exact) mass is 600 g/mol. The zero-order chi connectivity index (χ0) is 30.0. The Morgan fingerprint density at radius 1 is 1.05 bits per heavy atom. The molecule has 2 aromatic carbocycles. The molecule has 5 rings (SSSR count).